The largest absolute Gasteiger partial charge is 0.384 e. The number of aromatic nitrogens is 1. The molecule has 29 heavy (non-hydrogen) atoms. The zero-order valence-corrected chi connectivity index (χ0v) is 17.9. The lowest BCUT2D eigenvalue weighted by atomic mass is 9.91. The van der Waals surface area contributed by atoms with E-state index in [2.05, 4.69) is 28.3 Å². The number of rotatable bonds is 6. The average Bonchev–Trinajstić information content (AvgIpc) is 2.73. The van der Waals surface area contributed by atoms with Crippen LogP contribution in [0.5, 0.6) is 0 Å². The summed E-state index contributed by atoms with van der Waals surface area (Å²) in [5, 5.41) is 3.29. The number of nitrogens with one attached hydrogen (secondary N) is 1. The van der Waals surface area contributed by atoms with Gasteiger partial charge in [0.05, 0.1) is 35.3 Å². The van der Waals surface area contributed by atoms with Crippen molar-refractivity contribution in [3.05, 3.63) is 65.3 Å². The first-order valence-electron chi connectivity index (χ1n) is 10.2. The van der Waals surface area contributed by atoms with E-state index in [1.807, 2.05) is 43.6 Å². The van der Waals surface area contributed by atoms with E-state index in [4.69, 9.17) is 4.99 Å². The highest BCUT2D eigenvalue weighted by atomic mass is 16.2. The van der Waals surface area contributed by atoms with Crippen LogP contribution in [0.15, 0.2) is 59.0 Å². The predicted octanol–water partition coefficient (Wildman–Crippen LogP) is 2.87. The van der Waals surface area contributed by atoms with Crippen LogP contribution < -0.4 is 5.32 Å². The summed E-state index contributed by atoms with van der Waals surface area (Å²) in [5.41, 5.74) is 4.83. The van der Waals surface area contributed by atoms with Gasteiger partial charge in [0, 0.05) is 33.0 Å². The maximum absolute atomic E-state index is 12.6. The van der Waals surface area contributed by atoms with Crippen LogP contribution in [0.2, 0.25) is 0 Å². The van der Waals surface area contributed by atoms with Gasteiger partial charge in [-0.25, -0.2) is 0 Å². The number of carbonyl (C=O) groups is 1. The molecule has 0 saturated heterocycles. The number of amides is 1. The van der Waals surface area contributed by atoms with Gasteiger partial charge in [0.1, 0.15) is 0 Å². The van der Waals surface area contributed by atoms with E-state index < -0.39 is 0 Å². The molecule has 6 nitrogen and oxygen atoms in total. The smallest absolute Gasteiger partial charge is 0.255 e. The number of hydrogen-bond acceptors (Lipinski definition) is 5. The van der Waals surface area contributed by atoms with Crippen LogP contribution >= 0.6 is 0 Å². The number of nitrogens with zero attached hydrogens (tertiary/aromatic N) is 4. The molecular weight excluding hydrogens is 362 g/mol. The normalized spacial score (nSPS) is 19.5. The molecule has 3 rings (SSSR count). The molecule has 1 aromatic heterocycles. The van der Waals surface area contributed by atoms with Gasteiger partial charge in [-0.1, -0.05) is 18.2 Å². The zero-order chi connectivity index (χ0) is 20.8. The fraction of sp³-hybridized carbons (Fsp3) is 0.435. The second kappa shape index (κ2) is 9.65. The molecule has 0 aromatic carbocycles. The van der Waals surface area contributed by atoms with Crippen molar-refractivity contribution in [2.75, 3.05) is 34.2 Å². The average molecular weight is 394 g/mol. The van der Waals surface area contributed by atoms with Crippen molar-refractivity contribution in [2.24, 2.45) is 4.99 Å². The van der Waals surface area contributed by atoms with Gasteiger partial charge in [0.2, 0.25) is 0 Å². The number of pyridine rings is 1. The van der Waals surface area contributed by atoms with E-state index in [9.17, 15) is 4.79 Å². The summed E-state index contributed by atoms with van der Waals surface area (Å²) in [6, 6.07) is 4.51. The van der Waals surface area contributed by atoms with E-state index in [1.165, 1.54) is 17.7 Å². The summed E-state index contributed by atoms with van der Waals surface area (Å²) >= 11 is 0. The quantitative estimate of drug-likeness (QED) is 0.596. The summed E-state index contributed by atoms with van der Waals surface area (Å²) in [6.07, 6.45) is 12.7. The molecule has 1 unspecified atom stereocenters. The Balaban J connectivity index is 1.79. The molecule has 2 heterocycles. The Morgan fingerprint density at radius 1 is 1.34 bits per heavy atom. The molecule has 0 bridgehead atoms. The highest BCUT2D eigenvalue weighted by molar-refractivity contribution is 6.00. The molecule has 6 heteroatoms. The van der Waals surface area contributed by atoms with E-state index in [1.54, 1.807) is 19.0 Å². The van der Waals surface area contributed by atoms with Crippen molar-refractivity contribution in [1.29, 1.82) is 0 Å². The van der Waals surface area contributed by atoms with Gasteiger partial charge < -0.3 is 10.2 Å². The third kappa shape index (κ3) is 5.01. The Labute approximate surface area is 173 Å². The highest BCUT2D eigenvalue weighted by Crippen LogP contribution is 2.31. The van der Waals surface area contributed by atoms with Gasteiger partial charge in [-0.05, 0) is 50.9 Å². The SMILES string of the molecule is C/C=C\C=C(\C(=O)N(C)C)C1=CNCC(CN(C)C2CCCc3cccnc32)=N1. The first-order chi connectivity index (χ1) is 14.0. The first-order valence-corrected chi connectivity index (χ1v) is 10.2. The van der Waals surface area contributed by atoms with Gasteiger partial charge in [-0.3, -0.25) is 19.7 Å². The van der Waals surface area contributed by atoms with Crippen LogP contribution in [0, 0.1) is 0 Å². The van der Waals surface area contributed by atoms with Crippen molar-refractivity contribution < 1.29 is 4.79 Å². The van der Waals surface area contributed by atoms with Gasteiger partial charge >= 0.3 is 0 Å². The molecule has 0 fully saturated rings. The standard InChI is InChI=1S/C23H31N5O/c1-5-6-11-19(23(29)27(2)3)20-15-24-14-18(26-20)16-28(4)21-12-7-9-17-10-8-13-25-22(17)21/h5-6,8,10-11,13,15,21,24H,7,9,12,14,16H2,1-4H3/b6-5-,19-11+. The Kier molecular flexibility index (Phi) is 6.99. The number of carbonyl (C=O) groups excluding carboxylic acids is 1. The molecule has 1 amide bonds. The van der Waals surface area contributed by atoms with Crippen LogP contribution in [0.1, 0.15) is 37.1 Å². The topological polar surface area (TPSA) is 60.8 Å². The van der Waals surface area contributed by atoms with Crippen LogP contribution in [0.25, 0.3) is 0 Å². The summed E-state index contributed by atoms with van der Waals surface area (Å²) in [5.74, 6) is -0.0556. The molecule has 0 radical (unpaired) electrons. The first kappa shape index (κ1) is 21.0. The minimum Gasteiger partial charge on any atom is -0.384 e. The van der Waals surface area contributed by atoms with Crippen LogP contribution in [0.3, 0.4) is 0 Å². The van der Waals surface area contributed by atoms with Crippen molar-refractivity contribution in [3.63, 3.8) is 0 Å². The fourth-order valence-electron chi connectivity index (χ4n) is 3.85. The van der Waals surface area contributed by atoms with E-state index >= 15 is 0 Å². The van der Waals surface area contributed by atoms with Crippen molar-refractivity contribution in [3.8, 4) is 0 Å². The number of fused-ring (bicyclic) bond motifs is 1. The number of allylic oxidation sites excluding steroid dienone is 3. The van der Waals surface area contributed by atoms with Gasteiger partial charge in [0.15, 0.2) is 0 Å². The third-order valence-electron chi connectivity index (χ3n) is 5.32. The summed E-state index contributed by atoms with van der Waals surface area (Å²) in [7, 11) is 5.65. The number of hydrogen-bond donors (Lipinski definition) is 1. The lowest BCUT2D eigenvalue weighted by Crippen LogP contribution is -2.37. The maximum atomic E-state index is 12.6. The van der Waals surface area contributed by atoms with Crippen molar-refractivity contribution in [1.82, 2.24) is 20.1 Å². The van der Waals surface area contributed by atoms with Crippen LogP contribution in [0.4, 0.5) is 0 Å². The van der Waals surface area contributed by atoms with E-state index in [-0.39, 0.29) is 5.91 Å². The third-order valence-corrected chi connectivity index (χ3v) is 5.32. The zero-order valence-electron chi connectivity index (χ0n) is 17.9. The van der Waals surface area contributed by atoms with Gasteiger partial charge in [0.25, 0.3) is 5.91 Å². The Morgan fingerprint density at radius 2 is 2.17 bits per heavy atom. The molecule has 0 spiro atoms. The maximum Gasteiger partial charge on any atom is 0.255 e. The van der Waals surface area contributed by atoms with E-state index in [0.29, 0.717) is 23.9 Å². The minimum atomic E-state index is -0.0556. The van der Waals surface area contributed by atoms with Crippen LogP contribution in [-0.2, 0) is 11.2 Å². The second-order valence-electron chi connectivity index (χ2n) is 7.77. The number of aliphatic imine (C=N–C) groups is 1. The summed E-state index contributed by atoms with van der Waals surface area (Å²) < 4.78 is 0. The predicted molar refractivity (Wildman–Crippen MR) is 118 cm³/mol. The number of likely N-dealkylation sites (N-methyl/N-ethyl adjacent to an activating group) is 1. The number of aryl methyl sites for hydroxylation is 1. The van der Waals surface area contributed by atoms with Gasteiger partial charge in [-0.2, -0.15) is 0 Å². The Hall–Kier alpha value is -2.73. The Morgan fingerprint density at radius 3 is 2.93 bits per heavy atom. The lowest BCUT2D eigenvalue weighted by molar-refractivity contribution is -0.124. The fourth-order valence-corrected chi connectivity index (χ4v) is 3.85. The van der Waals surface area contributed by atoms with Crippen molar-refractivity contribution >= 4 is 11.6 Å². The van der Waals surface area contributed by atoms with Crippen molar-refractivity contribution in [2.45, 2.75) is 32.2 Å². The molecular formula is C23H31N5O. The highest BCUT2D eigenvalue weighted by Gasteiger charge is 2.26. The molecule has 154 valence electrons. The monoisotopic (exact) mass is 393 g/mol. The molecule has 1 aromatic rings. The Bertz CT molecular complexity index is 866. The van der Waals surface area contributed by atoms with Gasteiger partial charge in [-0.15, -0.1) is 0 Å². The molecule has 1 aliphatic heterocycles. The van der Waals surface area contributed by atoms with E-state index in [0.717, 1.165) is 25.1 Å². The molecule has 1 aliphatic carbocycles. The summed E-state index contributed by atoms with van der Waals surface area (Å²) in [6.45, 7) is 3.35. The lowest BCUT2D eigenvalue weighted by Gasteiger charge is -2.33. The molecule has 2 aliphatic rings. The van der Waals surface area contributed by atoms with Crippen LogP contribution in [-0.4, -0.2) is 60.6 Å². The molecule has 1 atom stereocenters. The minimum absolute atomic E-state index is 0.0556. The molecule has 0 saturated carbocycles. The second-order valence-corrected chi connectivity index (χ2v) is 7.77. The molecule has 1 N–H and O–H groups in total. The summed E-state index contributed by atoms with van der Waals surface area (Å²) in [4.78, 5) is 26.0.